The predicted octanol–water partition coefficient (Wildman–Crippen LogP) is 1.73. The summed E-state index contributed by atoms with van der Waals surface area (Å²) in [5.74, 6) is -0.287. The maximum absolute atomic E-state index is 13.1. The molecule has 2 aliphatic rings. The maximum Gasteiger partial charge on any atom is 0.141 e. The number of nitrogens with one attached hydrogen (secondary N) is 1. The molecule has 5 heteroatoms. The van der Waals surface area contributed by atoms with E-state index in [2.05, 4.69) is 15.2 Å². The van der Waals surface area contributed by atoms with Gasteiger partial charge in [0.2, 0.25) is 0 Å². The molecule has 3 atom stereocenters. The largest absolute Gasteiger partial charge is 0.374 e. The van der Waals surface area contributed by atoms with Crippen LogP contribution >= 0.6 is 0 Å². The Balaban J connectivity index is 1.49. The van der Waals surface area contributed by atoms with Gasteiger partial charge in [0.05, 0.1) is 18.9 Å². The lowest BCUT2D eigenvalue weighted by Gasteiger charge is -2.35. The second-order valence-corrected chi connectivity index (χ2v) is 5.81. The first kappa shape index (κ1) is 13.9. The molecule has 2 fully saturated rings. The van der Waals surface area contributed by atoms with Gasteiger partial charge in [-0.1, -0.05) is 0 Å². The zero-order valence-corrected chi connectivity index (χ0v) is 11.9. The summed E-state index contributed by atoms with van der Waals surface area (Å²) < 4.78 is 19.1. The smallest absolute Gasteiger partial charge is 0.141 e. The van der Waals surface area contributed by atoms with Crippen LogP contribution in [-0.2, 0) is 4.74 Å². The highest BCUT2D eigenvalue weighted by atomic mass is 19.1. The van der Waals surface area contributed by atoms with E-state index in [1.54, 1.807) is 6.20 Å². The van der Waals surface area contributed by atoms with Gasteiger partial charge in [-0.15, -0.1) is 0 Å². The fourth-order valence-electron chi connectivity index (χ4n) is 3.10. The van der Waals surface area contributed by atoms with Gasteiger partial charge in [-0.25, -0.2) is 4.39 Å². The average molecular weight is 279 g/mol. The molecule has 3 heterocycles. The summed E-state index contributed by atoms with van der Waals surface area (Å²) in [4.78, 5) is 6.42. The van der Waals surface area contributed by atoms with E-state index in [0.717, 1.165) is 25.3 Å². The van der Waals surface area contributed by atoms with Crippen LogP contribution in [0.4, 0.5) is 4.39 Å². The Morgan fingerprint density at radius 2 is 2.45 bits per heavy atom. The van der Waals surface area contributed by atoms with Crippen LogP contribution in [0.5, 0.6) is 0 Å². The Morgan fingerprint density at radius 3 is 3.30 bits per heavy atom. The average Bonchev–Trinajstić information content (AvgIpc) is 2.92. The SMILES string of the molecule is CC(NCC1CN2CCCC2CO1)c1cncc(F)c1. The van der Waals surface area contributed by atoms with Gasteiger partial charge in [0.15, 0.2) is 0 Å². The second-order valence-electron chi connectivity index (χ2n) is 5.81. The Morgan fingerprint density at radius 1 is 1.55 bits per heavy atom. The number of nitrogens with zero attached hydrogens (tertiary/aromatic N) is 2. The molecular formula is C15H22FN3O. The van der Waals surface area contributed by atoms with Crippen molar-refractivity contribution in [2.24, 2.45) is 0 Å². The van der Waals surface area contributed by atoms with Gasteiger partial charge in [0, 0.05) is 31.4 Å². The third kappa shape index (κ3) is 3.16. The van der Waals surface area contributed by atoms with Crippen LogP contribution in [0.1, 0.15) is 31.4 Å². The minimum Gasteiger partial charge on any atom is -0.374 e. The first-order valence-electron chi connectivity index (χ1n) is 7.42. The molecule has 3 rings (SSSR count). The van der Waals surface area contributed by atoms with Gasteiger partial charge in [-0.2, -0.15) is 0 Å². The third-order valence-electron chi connectivity index (χ3n) is 4.34. The highest BCUT2D eigenvalue weighted by molar-refractivity contribution is 5.14. The molecule has 0 saturated carbocycles. The molecule has 0 bridgehead atoms. The van der Waals surface area contributed by atoms with Gasteiger partial charge in [0.25, 0.3) is 0 Å². The Kier molecular flexibility index (Phi) is 4.29. The van der Waals surface area contributed by atoms with Gasteiger partial charge in [0.1, 0.15) is 5.82 Å². The van der Waals surface area contributed by atoms with E-state index in [4.69, 9.17) is 4.74 Å². The van der Waals surface area contributed by atoms with Crippen LogP contribution in [0.2, 0.25) is 0 Å². The summed E-state index contributed by atoms with van der Waals surface area (Å²) in [6, 6.07) is 2.25. The first-order valence-corrected chi connectivity index (χ1v) is 7.42. The number of halogens is 1. The number of pyridine rings is 1. The lowest BCUT2D eigenvalue weighted by atomic mass is 10.1. The quantitative estimate of drug-likeness (QED) is 0.911. The number of fused-ring (bicyclic) bond motifs is 1. The minimum absolute atomic E-state index is 0.0816. The normalized spacial score (nSPS) is 28.3. The maximum atomic E-state index is 13.1. The molecule has 4 nitrogen and oxygen atoms in total. The fourth-order valence-corrected chi connectivity index (χ4v) is 3.10. The lowest BCUT2D eigenvalue weighted by molar-refractivity contribution is -0.0477. The molecule has 3 unspecified atom stereocenters. The van der Waals surface area contributed by atoms with Crippen LogP contribution in [0.25, 0.3) is 0 Å². The van der Waals surface area contributed by atoms with Crippen molar-refractivity contribution < 1.29 is 9.13 Å². The van der Waals surface area contributed by atoms with Crippen molar-refractivity contribution >= 4 is 0 Å². The summed E-state index contributed by atoms with van der Waals surface area (Å²) in [7, 11) is 0. The fraction of sp³-hybridized carbons (Fsp3) is 0.667. The standard InChI is InChI=1S/C15H22FN3O/c1-11(12-5-13(16)7-17-6-12)18-8-15-9-19-4-2-3-14(19)10-20-15/h5-7,11,14-15,18H,2-4,8-10H2,1H3. The van der Waals surface area contributed by atoms with Crippen molar-refractivity contribution in [3.63, 3.8) is 0 Å². The van der Waals surface area contributed by atoms with E-state index in [1.165, 1.54) is 31.6 Å². The van der Waals surface area contributed by atoms with Crippen LogP contribution in [-0.4, -0.2) is 48.3 Å². The van der Waals surface area contributed by atoms with E-state index in [1.807, 2.05) is 6.92 Å². The van der Waals surface area contributed by atoms with Gasteiger partial charge in [-0.05, 0) is 37.9 Å². The molecule has 0 aromatic carbocycles. The van der Waals surface area contributed by atoms with Crippen molar-refractivity contribution in [1.82, 2.24) is 15.2 Å². The van der Waals surface area contributed by atoms with Crippen molar-refractivity contribution in [2.75, 3.05) is 26.2 Å². The van der Waals surface area contributed by atoms with E-state index < -0.39 is 0 Å². The van der Waals surface area contributed by atoms with Crippen LogP contribution in [0.15, 0.2) is 18.5 Å². The first-order chi connectivity index (χ1) is 9.72. The highest BCUT2D eigenvalue weighted by Crippen LogP contribution is 2.22. The molecule has 0 aliphatic carbocycles. The molecule has 1 aromatic heterocycles. The molecule has 0 amide bonds. The van der Waals surface area contributed by atoms with Crippen LogP contribution in [0.3, 0.4) is 0 Å². The summed E-state index contributed by atoms with van der Waals surface area (Å²) in [5.41, 5.74) is 0.875. The molecule has 0 radical (unpaired) electrons. The van der Waals surface area contributed by atoms with Crippen LogP contribution in [0, 0.1) is 5.82 Å². The summed E-state index contributed by atoms with van der Waals surface area (Å²) >= 11 is 0. The van der Waals surface area contributed by atoms with Gasteiger partial charge >= 0.3 is 0 Å². The zero-order valence-electron chi connectivity index (χ0n) is 11.9. The number of rotatable bonds is 4. The molecule has 20 heavy (non-hydrogen) atoms. The van der Waals surface area contributed by atoms with E-state index in [0.29, 0.717) is 6.04 Å². The van der Waals surface area contributed by atoms with Gasteiger partial charge in [-0.3, -0.25) is 9.88 Å². The third-order valence-corrected chi connectivity index (χ3v) is 4.34. The predicted molar refractivity (Wildman–Crippen MR) is 74.9 cm³/mol. The number of hydrogen-bond donors (Lipinski definition) is 1. The molecule has 110 valence electrons. The summed E-state index contributed by atoms with van der Waals surface area (Å²) in [6.45, 7) is 5.88. The van der Waals surface area contributed by atoms with E-state index in [9.17, 15) is 4.39 Å². The lowest BCUT2D eigenvalue weighted by Crippen LogP contribution is -2.49. The van der Waals surface area contributed by atoms with E-state index in [-0.39, 0.29) is 18.0 Å². The van der Waals surface area contributed by atoms with Crippen molar-refractivity contribution in [1.29, 1.82) is 0 Å². The molecule has 1 N–H and O–H groups in total. The Hall–Kier alpha value is -1.04. The summed E-state index contributed by atoms with van der Waals surface area (Å²) in [5, 5.41) is 3.42. The molecule has 2 aliphatic heterocycles. The van der Waals surface area contributed by atoms with Gasteiger partial charge < -0.3 is 10.1 Å². The second kappa shape index (κ2) is 6.16. The topological polar surface area (TPSA) is 37.4 Å². The number of hydrogen-bond acceptors (Lipinski definition) is 4. The Bertz CT molecular complexity index is 456. The number of morpholine rings is 1. The zero-order chi connectivity index (χ0) is 13.9. The molecule has 2 saturated heterocycles. The van der Waals surface area contributed by atoms with Crippen molar-refractivity contribution in [3.8, 4) is 0 Å². The summed E-state index contributed by atoms with van der Waals surface area (Å²) in [6.07, 6.45) is 5.73. The molecular weight excluding hydrogens is 257 g/mol. The van der Waals surface area contributed by atoms with E-state index >= 15 is 0 Å². The van der Waals surface area contributed by atoms with Crippen LogP contribution < -0.4 is 5.32 Å². The Labute approximate surface area is 119 Å². The molecule has 1 aromatic rings. The number of aromatic nitrogens is 1. The van der Waals surface area contributed by atoms with Crippen molar-refractivity contribution in [2.45, 2.75) is 38.0 Å². The number of ether oxygens (including phenoxy) is 1. The molecule has 0 spiro atoms. The minimum atomic E-state index is -0.287. The van der Waals surface area contributed by atoms with Crippen molar-refractivity contribution in [3.05, 3.63) is 29.8 Å². The monoisotopic (exact) mass is 279 g/mol. The highest BCUT2D eigenvalue weighted by Gasteiger charge is 2.32.